The predicted molar refractivity (Wildman–Crippen MR) is 118 cm³/mol. The Morgan fingerprint density at radius 2 is 1.91 bits per heavy atom. The van der Waals surface area contributed by atoms with Crippen molar-refractivity contribution in [2.24, 2.45) is 0 Å². The fraction of sp³-hybridized carbons (Fsp3) is 0.227. The Morgan fingerprint density at radius 1 is 1.16 bits per heavy atom. The molecule has 3 N–H and O–H groups in total. The number of aliphatic hydroxyl groups is 1. The minimum absolute atomic E-state index is 0.0164. The molecule has 0 saturated carbocycles. The van der Waals surface area contributed by atoms with Crippen LogP contribution in [0.5, 0.6) is 0 Å². The van der Waals surface area contributed by atoms with Crippen LogP contribution >= 0.6 is 11.6 Å². The molecule has 2 unspecified atom stereocenters. The highest BCUT2D eigenvalue weighted by Gasteiger charge is 2.39. The first-order chi connectivity index (χ1) is 15.3. The number of urea groups is 1. The molecule has 32 heavy (non-hydrogen) atoms. The van der Waals surface area contributed by atoms with Crippen molar-refractivity contribution in [1.82, 2.24) is 14.7 Å². The van der Waals surface area contributed by atoms with E-state index in [-0.39, 0.29) is 18.7 Å². The zero-order valence-corrected chi connectivity index (χ0v) is 17.9. The van der Waals surface area contributed by atoms with Gasteiger partial charge in [-0.15, -0.1) is 0 Å². The van der Waals surface area contributed by atoms with E-state index >= 15 is 0 Å². The summed E-state index contributed by atoms with van der Waals surface area (Å²) in [5.41, 5.74) is 1.82. The highest BCUT2D eigenvalue weighted by molar-refractivity contribution is 6.30. The van der Waals surface area contributed by atoms with E-state index in [1.54, 1.807) is 47.3 Å². The van der Waals surface area contributed by atoms with Gasteiger partial charge in [0.1, 0.15) is 11.9 Å². The molecule has 2 atom stereocenters. The summed E-state index contributed by atoms with van der Waals surface area (Å²) in [4.78, 5) is 26.8. The molecule has 0 radical (unpaired) electrons. The fourth-order valence-corrected chi connectivity index (χ4v) is 3.73. The molecule has 8 nitrogen and oxygen atoms in total. The fourth-order valence-electron chi connectivity index (χ4n) is 3.61. The second-order valence-corrected chi connectivity index (χ2v) is 7.97. The van der Waals surface area contributed by atoms with Crippen molar-refractivity contribution >= 4 is 34.9 Å². The van der Waals surface area contributed by atoms with Crippen molar-refractivity contribution in [3.63, 3.8) is 0 Å². The van der Waals surface area contributed by atoms with Crippen LogP contribution in [-0.2, 0) is 4.79 Å². The van der Waals surface area contributed by atoms with Crippen LogP contribution in [0.1, 0.15) is 12.1 Å². The summed E-state index contributed by atoms with van der Waals surface area (Å²) < 4.78 is 16.2. The second kappa shape index (κ2) is 8.97. The highest BCUT2D eigenvalue weighted by atomic mass is 35.5. The van der Waals surface area contributed by atoms with Crippen LogP contribution in [0.2, 0.25) is 5.02 Å². The molecule has 2 aromatic carbocycles. The number of aromatic nitrogens is 2. The van der Waals surface area contributed by atoms with Gasteiger partial charge < -0.3 is 20.6 Å². The van der Waals surface area contributed by atoms with Crippen LogP contribution in [0.25, 0.3) is 5.69 Å². The third-order valence-electron chi connectivity index (χ3n) is 5.23. The number of aryl methyl sites for hydroxylation is 1. The maximum atomic E-state index is 14.7. The Bertz CT molecular complexity index is 1150. The Morgan fingerprint density at radius 3 is 2.56 bits per heavy atom. The molecule has 3 aromatic rings. The summed E-state index contributed by atoms with van der Waals surface area (Å²) in [6.45, 7) is 1.83. The average Bonchev–Trinajstić information content (AvgIpc) is 3.37. The summed E-state index contributed by atoms with van der Waals surface area (Å²) >= 11 is 5.85. The molecule has 1 saturated heterocycles. The number of halogens is 2. The molecule has 3 amide bonds. The lowest BCUT2D eigenvalue weighted by Crippen LogP contribution is -2.45. The van der Waals surface area contributed by atoms with Crippen LogP contribution in [-0.4, -0.2) is 50.4 Å². The first-order valence-corrected chi connectivity index (χ1v) is 10.3. The molecule has 1 fully saturated rings. The molecule has 10 heteroatoms. The number of benzene rings is 2. The molecule has 1 aromatic heterocycles. The van der Waals surface area contributed by atoms with E-state index in [1.165, 1.54) is 17.0 Å². The van der Waals surface area contributed by atoms with E-state index in [1.807, 2.05) is 6.92 Å². The lowest BCUT2D eigenvalue weighted by Gasteiger charge is -2.24. The van der Waals surface area contributed by atoms with Gasteiger partial charge in [-0.2, -0.15) is 5.10 Å². The topological polar surface area (TPSA) is 99.5 Å². The van der Waals surface area contributed by atoms with Gasteiger partial charge in [-0.05, 0) is 49.4 Å². The van der Waals surface area contributed by atoms with Crippen molar-refractivity contribution in [1.29, 1.82) is 0 Å². The van der Waals surface area contributed by atoms with Gasteiger partial charge >= 0.3 is 6.03 Å². The van der Waals surface area contributed by atoms with Crippen molar-refractivity contribution in [2.75, 3.05) is 17.2 Å². The van der Waals surface area contributed by atoms with Gasteiger partial charge in [0.25, 0.3) is 0 Å². The largest absolute Gasteiger partial charge is 0.391 e. The molecule has 1 aliphatic heterocycles. The number of nitrogens with one attached hydrogen (secondary N) is 2. The molecular formula is C22H21ClFN5O3. The number of hydrogen-bond acceptors (Lipinski definition) is 4. The van der Waals surface area contributed by atoms with Crippen LogP contribution in [0.4, 0.5) is 20.6 Å². The van der Waals surface area contributed by atoms with E-state index < -0.39 is 29.9 Å². The highest BCUT2D eigenvalue weighted by Crippen LogP contribution is 2.24. The molecule has 4 rings (SSSR count). The Labute approximate surface area is 188 Å². The molecule has 0 bridgehead atoms. The third-order valence-corrected chi connectivity index (χ3v) is 5.48. The molecule has 2 heterocycles. The normalized spacial score (nSPS) is 17.9. The van der Waals surface area contributed by atoms with Crippen molar-refractivity contribution in [2.45, 2.75) is 25.5 Å². The summed E-state index contributed by atoms with van der Waals surface area (Å²) in [6.07, 6.45) is 0.793. The van der Waals surface area contributed by atoms with Crippen molar-refractivity contribution in [3.8, 4) is 5.69 Å². The standard InChI is InChI=1S/C22H21ClFN5O3/c1-13-8-9-25-29(13)16-6-7-19(18(24)10-16)27-21(31)20-11-17(30)12-28(20)22(32)26-15-4-2-14(23)3-5-15/h2-10,17,20,30H,11-12H2,1H3,(H,26,32)(H,27,31). The van der Waals surface area contributed by atoms with Crippen LogP contribution < -0.4 is 10.6 Å². The van der Waals surface area contributed by atoms with Gasteiger partial charge in [0.15, 0.2) is 0 Å². The third kappa shape index (κ3) is 4.58. The molecule has 0 aliphatic carbocycles. The average molecular weight is 458 g/mol. The first-order valence-electron chi connectivity index (χ1n) is 9.94. The van der Waals surface area contributed by atoms with Gasteiger partial charge in [-0.25, -0.2) is 13.9 Å². The number of amides is 3. The lowest BCUT2D eigenvalue weighted by molar-refractivity contribution is -0.119. The number of likely N-dealkylation sites (tertiary alicyclic amines) is 1. The van der Waals surface area contributed by atoms with E-state index in [0.29, 0.717) is 16.4 Å². The number of rotatable bonds is 4. The van der Waals surface area contributed by atoms with Gasteiger partial charge in [0.05, 0.1) is 17.5 Å². The quantitative estimate of drug-likeness (QED) is 0.557. The van der Waals surface area contributed by atoms with Gasteiger partial charge in [0, 0.05) is 41.6 Å². The Hall–Kier alpha value is -3.43. The maximum Gasteiger partial charge on any atom is 0.322 e. The summed E-state index contributed by atoms with van der Waals surface area (Å²) in [6, 6.07) is 11.1. The van der Waals surface area contributed by atoms with E-state index in [4.69, 9.17) is 11.6 Å². The Kier molecular flexibility index (Phi) is 6.11. The van der Waals surface area contributed by atoms with Gasteiger partial charge in [0.2, 0.25) is 5.91 Å². The Balaban J connectivity index is 1.47. The van der Waals surface area contributed by atoms with Gasteiger partial charge in [-0.3, -0.25) is 4.79 Å². The number of anilines is 2. The lowest BCUT2D eigenvalue weighted by atomic mass is 10.1. The molecule has 1 aliphatic rings. The zero-order chi connectivity index (χ0) is 22.8. The number of hydrogen-bond donors (Lipinski definition) is 3. The second-order valence-electron chi connectivity index (χ2n) is 7.53. The number of nitrogens with zero attached hydrogens (tertiary/aromatic N) is 3. The van der Waals surface area contributed by atoms with E-state index in [0.717, 1.165) is 5.69 Å². The van der Waals surface area contributed by atoms with Gasteiger partial charge in [-0.1, -0.05) is 11.6 Å². The van der Waals surface area contributed by atoms with E-state index in [2.05, 4.69) is 15.7 Å². The first kappa shape index (κ1) is 21.8. The summed E-state index contributed by atoms with van der Waals surface area (Å²) in [7, 11) is 0. The number of aliphatic hydroxyl groups excluding tert-OH is 1. The number of β-amino-alcohol motifs (C(OH)–C–C–N with tert-alkyl or cyclic N) is 1. The van der Waals surface area contributed by atoms with Crippen LogP contribution in [0.15, 0.2) is 54.7 Å². The number of carbonyl (C=O) groups excluding carboxylic acids is 2. The minimum atomic E-state index is -0.954. The molecule has 0 spiro atoms. The summed E-state index contributed by atoms with van der Waals surface area (Å²) in [5.74, 6) is -1.23. The van der Waals surface area contributed by atoms with Crippen molar-refractivity contribution < 1.29 is 19.1 Å². The SMILES string of the molecule is Cc1ccnn1-c1ccc(NC(=O)C2CC(O)CN2C(=O)Nc2ccc(Cl)cc2)c(F)c1. The van der Waals surface area contributed by atoms with E-state index in [9.17, 15) is 19.1 Å². The predicted octanol–water partition coefficient (Wildman–Crippen LogP) is 3.58. The maximum absolute atomic E-state index is 14.7. The molecular weight excluding hydrogens is 437 g/mol. The smallest absolute Gasteiger partial charge is 0.322 e. The minimum Gasteiger partial charge on any atom is -0.391 e. The van der Waals surface area contributed by atoms with Crippen LogP contribution in [0, 0.1) is 12.7 Å². The number of carbonyl (C=O) groups is 2. The van der Waals surface area contributed by atoms with Crippen molar-refractivity contribution in [3.05, 3.63) is 71.3 Å². The molecule has 166 valence electrons. The monoisotopic (exact) mass is 457 g/mol. The van der Waals surface area contributed by atoms with Crippen LogP contribution in [0.3, 0.4) is 0 Å². The summed E-state index contributed by atoms with van der Waals surface area (Å²) in [5, 5.41) is 19.9. The zero-order valence-electron chi connectivity index (χ0n) is 17.1.